The summed E-state index contributed by atoms with van der Waals surface area (Å²) in [6.45, 7) is 3.27. The SMILES string of the molecule is Cc1cnc(N2CCN(c3ncc(C(F)(F)F)cn3)CC2=O)cc1OC[C@H](C)Nc1cn[nH]c(=O)c1C(F)(F)F. The number of piperazine rings is 1. The van der Waals surface area contributed by atoms with Crippen LogP contribution in [0, 0.1) is 6.92 Å². The molecule has 1 aliphatic heterocycles. The van der Waals surface area contributed by atoms with E-state index in [0.717, 1.165) is 6.20 Å². The number of alkyl halides is 6. The molecule has 1 amide bonds. The molecule has 2 N–H and O–H groups in total. The number of carbonyl (C=O) groups is 1. The molecule has 0 bridgehead atoms. The summed E-state index contributed by atoms with van der Waals surface area (Å²) < 4.78 is 83.9. The van der Waals surface area contributed by atoms with Gasteiger partial charge in [-0.2, -0.15) is 31.4 Å². The van der Waals surface area contributed by atoms with E-state index < -0.39 is 46.7 Å². The van der Waals surface area contributed by atoms with Crippen LogP contribution in [0.4, 0.5) is 43.8 Å². The van der Waals surface area contributed by atoms with Crippen LogP contribution in [0.1, 0.15) is 23.6 Å². The number of hydrogen-bond acceptors (Lipinski definition) is 9. The van der Waals surface area contributed by atoms with Gasteiger partial charge in [-0.1, -0.05) is 0 Å². The molecule has 40 heavy (non-hydrogen) atoms. The first-order chi connectivity index (χ1) is 18.7. The number of anilines is 3. The molecule has 1 aliphatic rings. The van der Waals surface area contributed by atoms with Crippen LogP contribution in [0.3, 0.4) is 0 Å². The number of halogens is 6. The summed E-state index contributed by atoms with van der Waals surface area (Å²) in [5.74, 6) is 0.138. The molecule has 0 unspecified atom stereocenters. The van der Waals surface area contributed by atoms with Crippen LogP contribution in [0.15, 0.2) is 35.6 Å². The highest BCUT2D eigenvalue weighted by molar-refractivity contribution is 5.96. The first kappa shape index (κ1) is 28.6. The minimum Gasteiger partial charge on any atom is -0.491 e. The van der Waals surface area contributed by atoms with Gasteiger partial charge in [0.25, 0.3) is 5.56 Å². The lowest BCUT2D eigenvalue weighted by molar-refractivity contribution is -0.139. The van der Waals surface area contributed by atoms with Gasteiger partial charge in [0.2, 0.25) is 11.9 Å². The molecule has 1 saturated heterocycles. The van der Waals surface area contributed by atoms with Crippen molar-refractivity contribution in [1.82, 2.24) is 25.1 Å². The average molecular weight is 572 g/mol. The van der Waals surface area contributed by atoms with Crippen molar-refractivity contribution in [2.75, 3.05) is 41.4 Å². The summed E-state index contributed by atoms with van der Waals surface area (Å²) >= 11 is 0. The van der Waals surface area contributed by atoms with Gasteiger partial charge < -0.3 is 15.0 Å². The summed E-state index contributed by atoms with van der Waals surface area (Å²) in [6.07, 6.45) is -5.86. The Kier molecular flexibility index (Phi) is 7.84. The van der Waals surface area contributed by atoms with Crippen molar-refractivity contribution in [2.24, 2.45) is 0 Å². The number of ether oxygens (including phenoxy) is 1. The largest absolute Gasteiger partial charge is 0.491 e. The monoisotopic (exact) mass is 572 g/mol. The maximum absolute atomic E-state index is 13.3. The lowest BCUT2D eigenvalue weighted by atomic mass is 10.2. The Morgan fingerprint density at radius 1 is 1.02 bits per heavy atom. The fourth-order valence-electron chi connectivity index (χ4n) is 3.83. The fourth-order valence-corrected chi connectivity index (χ4v) is 3.83. The van der Waals surface area contributed by atoms with Crippen molar-refractivity contribution < 1.29 is 35.9 Å². The van der Waals surface area contributed by atoms with Crippen molar-refractivity contribution >= 4 is 23.4 Å². The lowest BCUT2D eigenvalue weighted by Gasteiger charge is -2.33. The fraction of sp³-hybridized carbons (Fsp3) is 0.391. The summed E-state index contributed by atoms with van der Waals surface area (Å²) in [4.78, 5) is 39.0. The number of hydrogen-bond donors (Lipinski definition) is 2. The molecule has 1 fully saturated rings. The predicted octanol–water partition coefficient (Wildman–Crippen LogP) is 3.03. The number of H-pyrrole nitrogens is 1. The zero-order valence-electron chi connectivity index (χ0n) is 21.0. The van der Waals surface area contributed by atoms with Gasteiger partial charge in [-0.25, -0.2) is 20.1 Å². The minimum absolute atomic E-state index is 0.0207. The third-order valence-corrected chi connectivity index (χ3v) is 5.82. The Bertz CT molecular complexity index is 1430. The number of amides is 1. The van der Waals surface area contributed by atoms with Gasteiger partial charge in [0.05, 0.1) is 23.5 Å². The molecule has 214 valence electrons. The highest BCUT2D eigenvalue weighted by Gasteiger charge is 2.37. The van der Waals surface area contributed by atoms with Gasteiger partial charge in [-0.05, 0) is 13.8 Å². The Balaban J connectivity index is 1.40. The van der Waals surface area contributed by atoms with Gasteiger partial charge in [0.15, 0.2) is 0 Å². The van der Waals surface area contributed by atoms with Crippen LogP contribution in [-0.4, -0.2) is 63.3 Å². The third-order valence-electron chi connectivity index (χ3n) is 5.82. The number of pyridine rings is 1. The summed E-state index contributed by atoms with van der Waals surface area (Å²) in [5, 5.41) is 7.75. The number of aromatic nitrogens is 5. The van der Waals surface area contributed by atoms with E-state index in [-0.39, 0.29) is 38.0 Å². The van der Waals surface area contributed by atoms with Crippen LogP contribution in [0.5, 0.6) is 5.75 Å². The highest BCUT2D eigenvalue weighted by Crippen LogP contribution is 2.32. The van der Waals surface area contributed by atoms with Crippen molar-refractivity contribution in [2.45, 2.75) is 32.2 Å². The maximum Gasteiger partial charge on any atom is 0.423 e. The molecule has 3 aromatic heterocycles. The predicted molar refractivity (Wildman–Crippen MR) is 129 cm³/mol. The minimum atomic E-state index is -4.90. The second-order valence-corrected chi connectivity index (χ2v) is 8.89. The Morgan fingerprint density at radius 2 is 1.73 bits per heavy atom. The molecular formula is C23H22F6N8O3. The number of nitrogens with zero attached hydrogens (tertiary/aromatic N) is 6. The topological polar surface area (TPSA) is 129 Å². The standard InChI is InChI=1S/C23H22F6N8O3/c1-12-6-30-17(37-4-3-36(10-18(37)38)21-31-7-14(8-32-21)22(24,25)26)5-16(12)40-11-13(2)34-15-9-33-35-20(39)19(15)23(27,28)29/h5-9,13H,3-4,10-11H2,1-2H3,(H2,34,35,39)/t13-/m0/s1. The molecule has 17 heteroatoms. The van der Waals surface area contributed by atoms with Crippen LogP contribution in [0.25, 0.3) is 0 Å². The quantitative estimate of drug-likeness (QED) is 0.411. The van der Waals surface area contributed by atoms with E-state index in [2.05, 4.69) is 25.4 Å². The normalized spacial score (nSPS) is 15.2. The van der Waals surface area contributed by atoms with Crippen LogP contribution < -0.4 is 25.4 Å². The summed E-state index contributed by atoms with van der Waals surface area (Å²) in [7, 11) is 0. The maximum atomic E-state index is 13.3. The lowest BCUT2D eigenvalue weighted by Crippen LogP contribution is -2.51. The smallest absolute Gasteiger partial charge is 0.423 e. The van der Waals surface area contributed by atoms with E-state index in [9.17, 15) is 35.9 Å². The Morgan fingerprint density at radius 3 is 2.35 bits per heavy atom. The molecule has 4 rings (SSSR count). The molecule has 3 aromatic rings. The van der Waals surface area contributed by atoms with E-state index >= 15 is 0 Å². The first-order valence-electron chi connectivity index (χ1n) is 11.7. The van der Waals surface area contributed by atoms with Gasteiger partial charge in [0.1, 0.15) is 30.3 Å². The number of nitrogens with one attached hydrogen (secondary N) is 2. The van der Waals surface area contributed by atoms with Crippen molar-refractivity contribution in [3.63, 3.8) is 0 Å². The second kappa shape index (κ2) is 11.0. The Hall–Kier alpha value is -4.44. The number of carbonyl (C=O) groups excluding carboxylic acids is 1. The molecular weight excluding hydrogens is 550 g/mol. The van der Waals surface area contributed by atoms with E-state index in [4.69, 9.17) is 4.74 Å². The van der Waals surface area contributed by atoms with Crippen molar-refractivity contribution in [3.05, 3.63) is 57.9 Å². The zero-order valence-corrected chi connectivity index (χ0v) is 21.0. The van der Waals surface area contributed by atoms with Gasteiger partial charge in [-0.3, -0.25) is 14.5 Å². The van der Waals surface area contributed by atoms with Gasteiger partial charge >= 0.3 is 12.4 Å². The first-order valence-corrected chi connectivity index (χ1v) is 11.7. The number of aryl methyl sites for hydroxylation is 1. The molecule has 0 spiro atoms. The molecule has 0 saturated carbocycles. The van der Waals surface area contributed by atoms with E-state index in [1.54, 1.807) is 18.9 Å². The van der Waals surface area contributed by atoms with Gasteiger partial charge in [0, 0.05) is 43.3 Å². The van der Waals surface area contributed by atoms with E-state index in [0.29, 0.717) is 23.7 Å². The van der Waals surface area contributed by atoms with Crippen LogP contribution in [0.2, 0.25) is 0 Å². The summed E-state index contributed by atoms with van der Waals surface area (Å²) in [5.41, 5.74) is -3.70. The third kappa shape index (κ3) is 6.40. The number of aromatic amines is 1. The van der Waals surface area contributed by atoms with Crippen molar-refractivity contribution in [3.8, 4) is 5.75 Å². The molecule has 0 radical (unpaired) electrons. The van der Waals surface area contributed by atoms with Gasteiger partial charge in [-0.15, -0.1) is 0 Å². The van der Waals surface area contributed by atoms with Crippen LogP contribution in [-0.2, 0) is 17.1 Å². The van der Waals surface area contributed by atoms with E-state index in [1.165, 1.54) is 22.1 Å². The molecule has 0 aliphatic carbocycles. The molecule has 1 atom stereocenters. The van der Waals surface area contributed by atoms with Crippen LogP contribution >= 0.6 is 0 Å². The summed E-state index contributed by atoms with van der Waals surface area (Å²) in [6, 6.07) is 0.815. The zero-order chi connectivity index (χ0) is 29.2. The average Bonchev–Trinajstić information content (AvgIpc) is 2.87. The molecule has 11 nitrogen and oxygen atoms in total. The highest BCUT2D eigenvalue weighted by atomic mass is 19.4. The number of rotatable bonds is 7. The molecule has 0 aromatic carbocycles. The Labute approximate surface area is 222 Å². The van der Waals surface area contributed by atoms with E-state index in [1.807, 2.05) is 0 Å². The van der Waals surface area contributed by atoms with Crippen molar-refractivity contribution in [1.29, 1.82) is 0 Å². The molecule has 4 heterocycles. The second-order valence-electron chi connectivity index (χ2n) is 8.89.